The van der Waals surface area contributed by atoms with Gasteiger partial charge in [0, 0.05) is 37.1 Å². The number of hydrogen-bond acceptors (Lipinski definition) is 10. The maximum atomic E-state index is 11.3. The number of benzene rings is 3. The van der Waals surface area contributed by atoms with E-state index in [4.69, 9.17) is 0 Å². The van der Waals surface area contributed by atoms with Gasteiger partial charge in [-0.1, -0.05) is 41.7 Å². The second kappa shape index (κ2) is 12.4. The predicted octanol–water partition coefficient (Wildman–Crippen LogP) is 4.29. The molecule has 4 aromatic rings. The SMILES string of the molecule is CCN1/C(=C\C=C\c2sc3ccc4ccccc4c3[n+]2CCCS(=O)(=O)[O-])N(CCCS(=O)(=O)[O-])c2cc(C#N)ccc21. The Labute approximate surface area is 254 Å². The lowest BCUT2D eigenvalue weighted by Gasteiger charge is -2.24. The highest BCUT2D eigenvalue weighted by atomic mass is 32.2. The van der Waals surface area contributed by atoms with Crippen molar-refractivity contribution >= 4 is 70.0 Å². The number of nitrogens with zero attached hydrogens (tertiary/aromatic N) is 4. The van der Waals surface area contributed by atoms with Gasteiger partial charge in [-0.15, -0.1) is 0 Å². The minimum Gasteiger partial charge on any atom is -0.748 e. The Morgan fingerprint density at radius 1 is 0.953 bits per heavy atom. The molecule has 43 heavy (non-hydrogen) atoms. The Morgan fingerprint density at radius 2 is 1.70 bits per heavy atom. The number of rotatable bonds is 11. The summed E-state index contributed by atoms with van der Waals surface area (Å²) < 4.78 is 70.9. The van der Waals surface area contributed by atoms with Crippen LogP contribution in [0, 0.1) is 11.3 Å². The van der Waals surface area contributed by atoms with Gasteiger partial charge >= 0.3 is 0 Å². The van der Waals surface area contributed by atoms with Crippen LogP contribution in [0.15, 0.2) is 72.6 Å². The van der Waals surface area contributed by atoms with Crippen LogP contribution in [-0.2, 0) is 26.8 Å². The van der Waals surface area contributed by atoms with E-state index in [0.717, 1.165) is 43.2 Å². The molecule has 3 aromatic carbocycles. The van der Waals surface area contributed by atoms with Crippen molar-refractivity contribution in [1.29, 1.82) is 5.26 Å². The van der Waals surface area contributed by atoms with Crippen LogP contribution in [0.3, 0.4) is 0 Å². The molecule has 0 unspecified atom stereocenters. The van der Waals surface area contributed by atoms with E-state index in [1.807, 2.05) is 77.1 Å². The summed E-state index contributed by atoms with van der Waals surface area (Å²) >= 11 is 1.55. The summed E-state index contributed by atoms with van der Waals surface area (Å²) in [5.74, 6) is -0.193. The lowest BCUT2D eigenvalue weighted by atomic mass is 10.1. The molecule has 0 atom stereocenters. The van der Waals surface area contributed by atoms with Crippen LogP contribution >= 0.6 is 11.3 Å². The first kappa shape index (κ1) is 30.7. The summed E-state index contributed by atoms with van der Waals surface area (Å²) in [6, 6.07) is 19.5. The van der Waals surface area contributed by atoms with Gasteiger partial charge in [-0.25, -0.2) is 16.8 Å². The molecule has 5 rings (SSSR count). The van der Waals surface area contributed by atoms with Crippen molar-refractivity contribution in [2.45, 2.75) is 26.3 Å². The van der Waals surface area contributed by atoms with Crippen molar-refractivity contribution in [2.24, 2.45) is 0 Å². The van der Waals surface area contributed by atoms with Gasteiger partial charge in [0.1, 0.15) is 10.5 Å². The van der Waals surface area contributed by atoms with Crippen molar-refractivity contribution in [3.05, 3.63) is 83.1 Å². The van der Waals surface area contributed by atoms with E-state index in [-0.39, 0.29) is 19.4 Å². The second-order valence-electron chi connectivity index (χ2n) is 10.1. The quantitative estimate of drug-likeness (QED) is 0.173. The maximum absolute atomic E-state index is 11.3. The third-order valence-corrected chi connectivity index (χ3v) is 9.90. The van der Waals surface area contributed by atoms with Crippen LogP contribution < -0.4 is 14.4 Å². The molecule has 0 fully saturated rings. The number of thiazole rings is 1. The Morgan fingerprint density at radius 3 is 2.42 bits per heavy atom. The molecule has 0 bridgehead atoms. The molecule has 1 aromatic heterocycles. The van der Waals surface area contributed by atoms with Gasteiger partial charge in [0.05, 0.1) is 48.6 Å². The molecule has 0 spiro atoms. The largest absolute Gasteiger partial charge is 0.748 e. The molecule has 0 N–H and O–H groups in total. The van der Waals surface area contributed by atoms with E-state index < -0.39 is 31.7 Å². The summed E-state index contributed by atoms with van der Waals surface area (Å²) in [5, 5.41) is 12.4. The van der Waals surface area contributed by atoms with Crippen LogP contribution in [0.4, 0.5) is 11.4 Å². The fourth-order valence-corrected chi connectivity index (χ4v) is 7.50. The molecule has 0 radical (unpaired) electrons. The Hall–Kier alpha value is -3.80. The zero-order valence-electron chi connectivity index (χ0n) is 23.3. The number of allylic oxidation sites excluding steroid dienone is 2. The molecule has 10 nitrogen and oxygen atoms in total. The van der Waals surface area contributed by atoms with Gasteiger partial charge in [-0.3, -0.25) is 0 Å². The number of hydrogen-bond donors (Lipinski definition) is 0. The molecule has 0 saturated heterocycles. The highest BCUT2D eigenvalue weighted by Crippen LogP contribution is 2.42. The Kier molecular flexibility index (Phi) is 8.86. The number of fused-ring (bicyclic) bond motifs is 4. The third-order valence-electron chi connectivity index (χ3n) is 7.21. The van der Waals surface area contributed by atoms with Gasteiger partial charge in [0.25, 0.3) is 5.01 Å². The lowest BCUT2D eigenvalue weighted by molar-refractivity contribution is -0.667. The molecule has 1 aliphatic rings. The highest BCUT2D eigenvalue weighted by Gasteiger charge is 2.30. The molecule has 0 amide bonds. The number of anilines is 2. The molecular formula is C30H29N4O6S3-. The van der Waals surface area contributed by atoms with Gasteiger partial charge in [-0.2, -0.15) is 9.83 Å². The van der Waals surface area contributed by atoms with E-state index in [9.17, 15) is 31.2 Å². The summed E-state index contributed by atoms with van der Waals surface area (Å²) in [4.78, 5) is 3.97. The zero-order valence-corrected chi connectivity index (χ0v) is 25.8. The highest BCUT2D eigenvalue weighted by molar-refractivity contribution is 7.85. The molecule has 13 heteroatoms. The van der Waals surface area contributed by atoms with Crippen LogP contribution in [0.1, 0.15) is 30.3 Å². The average molecular weight is 638 g/mol. The Balaban J connectivity index is 1.55. The van der Waals surface area contributed by atoms with E-state index in [1.54, 1.807) is 23.5 Å². The van der Waals surface area contributed by atoms with Crippen molar-refractivity contribution in [2.75, 3.05) is 34.4 Å². The lowest BCUT2D eigenvalue weighted by Crippen LogP contribution is -2.36. The molecule has 2 heterocycles. The van der Waals surface area contributed by atoms with Crippen molar-refractivity contribution in [3.63, 3.8) is 0 Å². The molecule has 1 aliphatic heterocycles. The standard InChI is InChI=1S/C30H30N4O6S3/c1-2-32-25-14-12-22(21-31)20-26(25)33(16-6-18-42(35,36)37)28(32)10-5-11-29-34(17-7-19-43(38,39)40)30-24-9-4-3-8-23(24)13-15-27(30)41-29/h3-5,8-15,20H,2,6-7,16-19H2,1H3,(H-,35,36,37,38,39,40)/p-1. The van der Waals surface area contributed by atoms with Crippen molar-refractivity contribution < 1.29 is 30.5 Å². The average Bonchev–Trinajstić information content (AvgIpc) is 3.46. The van der Waals surface area contributed by atoms with Gasteiger partial charge in [0.2, 0.25) is 5.52 Å². The summed E-state index contributed by atoms with van der Waals surface area (Å²) in [7, 11) is -8.73. The monoisotopic (exact) mass is 637 g/mol. The second-order valence-corrected chi connectivity index (χ2v) is 14.2. The van der Waals surface area contributed by atoms with E-state index in [0.29, 0.717) is 18.7 Å². The smallest absolute Gasteiger partial charge is 0.262 e. The fraction of sp³-hybridized carbons (Fsp3) is 0.267. The van der Waals surface area contributed by atoms with E-state index in [2.05, 4.69) is 11.0 Å². The molecule has 0 aliphatic carbocycles. The number of aromatic nitrogens is 1. The first-order valence-corrected chi connectivity index (χ1v) is 17.6. The Bertz CT molecular complexity index is 2010. The summed E-state index contributed by atoms with van der Waals surface area (Å²) in [6.45, 7) is 3.19. The van der Waals surface area contributed by atoms with Gasteiger partial charge < -0.3 is 18.9 Å². The minimum absolute atomic E-state index is 0.118. The first-order valence-electron chi connectivity index (χ1n) is 13.7. The number of aryl methyl sites for hydroxylation is 1. The van der Waals surface area contributed by atoms with Crippen LogP contribution in [0.2, 0.25) is 0 Å². The van der Waals surface area contributed by atoms with Crippen LogP contribution in [0.5, 0.6) is 0 Å². The maximum Gasteiger partial charge on any atom is 0.262 e. The van der Waals surface area contributed by atoms with Crippen molar-refractivity contribution in [3.8, 4) is 6.07 Å². The molecule has 224 valence electrons. The normalized spacial score (nSPS) is 14.8. The molecular weight excluding hydrogens is 609 g/mol. The fourth-order valence-electron chi connectivity index (χ4n) is 5.41. The van der Waals surface area contributed by atoms with Crippen LogP contribution in [0.25, 0.3) is 27.1 Å². The third kappa shape index (κ3) is 6.90. The van der Waals surface area contributed by atoms with Gasteiger partial charge in [0.15, 0.2) is 6.54 Å². The summed E-state index contributed by atoms with van der Waals surface area (Å²) in [6.07, 6.45) is 5.99. The minimum atomic E-state index is -4.38. The predicted molar refractivity (Wildman–Crippen MR) is 167 cm³/mol. The first-order chi connectivity index (χ1) is 20.5. The van der Waals surface area contributed by atoms with Crippen molar-refractivity contribution in [1.82, 2.24) is 0 Å². The topological polar surface area (TPSA) is 149 Å². The molecule has 0 saturated carbocycles. The summed E-state index contributed by atoms with van der Waals surface area (Å²) in [5.41, 5.74) is 3.05. The van der Waals surface area contributed by atoms with Gasteiger partial charge in [-0.05, 0) is 55.1 Å². The van der Waals surface area contributed by atoms with Crippen LogP contribution in [-0.4, -0.2) is 50.5 Å². The number of nitriles is 1. The van der Waals surface area contributed by atoms with E-state index in [1.165, 1.54) is 0 Å². The van der Waals surface area contributed by atoms with E-state index >= 15 is 0 Å². The zero-order chi connectivity index (χ0) is 30.8.